The highest BCUT2D eigenvalue weighted by Gasteiger charge is 2.22. The third kappa shape index (κ3) is 9.61. The van der Waals surface area contributed by atoms with Crippen LogP contribution in [-0.2, 0) is 26.1 Å². The minimum absolute atomic E-state index is 0.0280. The van der Waals surface area contributed by atoms with E-state index in [-0.39, 0.29) is 29.5 Å². The summed E-state index contributed by atoms with van der Waals surface area (Å²) in [5, 5.41) is 2.66. The van der Waals surface area contributed by atoms with Gasteiger partial charge >= 0.3 is 16.1 Å². The molecule has 0 heterocycles. The van der Waals surface area contributed by atoms with Gasteiger partial charge in [-0.05, 0) is 92.4 Å². The number of anilines is 1. The Morgan fingerprint density at radius 2 is 1.35 bits per heavy atom. The monoisotopic (exact) mass is 603 g/mol. The number of unbranched alkanes of at least 4 members (excludes halogenated alkanes) is 1. The highest BCUT2D eigenvalue weighted by atomic mass is 32.2. The molecule has 0 saturated heterocycles. The van der Waals surface area contributed by atoms with Crippen LogP contribution in [0.1, 0.15) is 35.7 Å². The minimum atomic E-state index is -4.31. The zero-order valence-electron chi connectivity index (χ0n) is 23.7. The number of aryl methyl sites for hydroxylation is 1. The number of ether oxygens (including phenoxy) is 3. The molecule has 0 fully saturated rings. The number of benzene rings is 4. The summed E-state index contributed by atoms with van der Waals surface area (Å²) in [5.74, 6) is 0.00816. The second-order valence-electron chi connectivity index (χ2n) is 9.37. The van der Waals surface area contributed by atoms with Gasteiger partial charge in [0.15, 0.2) is 6.61 Å². The second-order valence-corrected chi connectivity index (χ2v) is 10.9. The Balaban J connectivity index is 1.31. The van der Waals surface area contributed by atoms with Gasteiger partial charge in [0.1, 0.15) is 22.1 Å². The first-order valence-corrected chi connectivity index (χ1v) is 15.2. The van der Waals surface area contributed by atoms with E-state index >= 15 is 0 Å². The molecule has 0 aliphatic heterocycles. The van der Waals surface area contributed by atoms with Gasteiger partial charge < -0.3 is 23.7 Å². The first-order chi connectivity index (χ1) is 20.8. The molecular formula is C33H33NO8S. The summed E-state index contributed by atoms with van der Waals surface area (Å²) >= 11 is 0. The predicted molar refractivity (Wildman–Crippen MR) is 162 cm³/mol. The van der Waals surface area contributed by atoms with E-state index < -0.39 is 22.0 Å². The van der Waals surface area contributed by atoms with Crippen molar-refractivity contribution in [2.24, 2.45) is 0 Å². The van der Waals surface area contributed by atoms with Gasteiger partial charge in [-0.2, -0.15) is 8.42 Å². The van der Waals surface area contributed by atoms with E-state index in [9.17, 15) is 18.0 Å². The third-order valence-electron chi connectivity index (χ3n) is 6.18. The molecule has 1 amide bonds. The number of carbonyl (C=O) groups excluding carboxylic acids is 2. The number of para-hydroxylation sites is 1. The zero-order valence-corrected chi connectivity index (χ0v) is 24.5. The number of hydrogen-bond donors (Lipinski definition) is 1. The van der Waals surface area contributed by atoms with Crippen LogP contribution in [0.15, 0.2) is 108 Å². The van der Waals surface area contributed by atoms with E-state index in [0.717, 1.165) is 19.3 Å². The molecule has 224 valence electrons. The molecule has 0 saturated carbocycles. The largest absolute Gasteiger partial charge is 0.494 e. The first kappa shape index (κ1) is 31.1. The van der Waals surface area contributed by atoms with Crippen LogP contribution in [0.25, 0.3) is 0 Å². The number of carbonyl (C=O) groups is 2. The van der Waals surface area contributed by atoms with Crippen LogP contribution in [0.2, 0.25) is 0 Å². The Bertz CT molecular complexity index is 1590. The van der Waals surface area contributed by atoms with Crippen molar-refractivity contribution in [3.63, 3.8) is 0 Å². The molecule has 10 heteroatoms. The first-order valence-electron chi connectivity index (χ1n) is 13.8. The molecule has 0 aliphatic rings. The minimum Gasteiger partial charge on any atom is -0.494 e. The van der Waals surface area contributed by atoms with Crippen LogP contribution in [0.3, 0.4) is 0 Å². The Labute approximate surface area is 251 Å². The summed E-state index contributed by atoms with van der Waals surface area (Å²) in [7, 11) is -4.31. The Morgan fingerprint density at radius 3 is 2.07 bits per heavy atom. The maximum absolute atomic E-state index is 13.1. The molecule has 4 aromatic carbocycles. The lowest BCUT2D eigenvalue weighted by atomic mass is 10.1. The van der Waals surface area contributed by atoms with Gasteiger partial charge in [0.25, 0.3) is 5.91 Å². The second kappa shape index (κ2) is 15.4. The lowest BCUT2D eigenvalue weighted by Crippen LogP contribution is -2.17. The van der Waals surface area contributed by atoms with Crippen LogP contribution >= 0.6 is 0 Å². The van der Waals surface area contributed by atoms with Crippen LogP contribution < -0.4 is 19.0 Å². The molecule has 0 radical (unpaired) electrons. The van der Waals surface area contributed by atoms with Crippen molar-refractivity contribution in [2.45, 2.75) is 31.1 Å². The van der Waals surface area contributed by atoms with Crippen molar-refractivity contribution >= 4 is 27.7 Å². The molecule has 4 aromatic rings. The molecule has 0 spiro atoms. The fourth-order valence-electron chi connectivity index (χ4n) is 4.06. The van der Waals surface area contributed by atoms with E-state index in [1.165, 1.54) is 48.0 Å². The van der Waals surface area contributed by atoms with Crippen LogP contribution in [0.4, 0.5) is 5.69 Å². The van der Waals surface area contributed by atoms with Crippen molar-refractivity contribution < 1.29 is 36.4 Å². The summed E-state index contributed by atoms with van der Waals surface area (Å²) < 4.78 is 47.4. The van der Waals surface area contributed by atoms with E-state index in [1.54, 1.807) is 37.3 Å². The van der Waals surface area contributed by atoms with Crippen molar-refractivity contribution in [2.75, 3.05) is 25.1 Å². The van der Waals surface area contributed by atoms with E-state index in [2.05, 4.69) is 17.4 Å². The fourth-order valence-corrected chi connectivity index (χ4v) is 5.15. The van der Waals surface area contributed by atoms with Crippen LogP contribution in [-0.4, -0.2) is 40.1 Å². The van der Waals surface area contributed by atoms with Gasteiger partial charge in [0.2, 0.25) is 0 Å². The molecular weight excluding hydrogens is 570 g/mol. The SMILES string of the molecule is CCOC(=O)COc1ccc(OS(=O)(=O)c2ccccc2NC(=O)c2ccc(OCCCCc3ccccc3)cc2)cc1. The molecule has 0 atom stereocenters. The molecule has 1 N–H and O–H groups in total. The predicted octanol–water partition coefficient (Wildman–Crippen LogP) is 6.05. The quantitative estimate of drug-likeness (QED) is 0.0992. The molecule has 0 bridgehead atoms. The summed E-state index contributed by atoms with van der Waals surface area (Å²) in [6, 6.07) is 28.6. The Morgan fingerprint density at radius 1 is 0.721 bits per heavy atom. The average Bonchev–Trinajstić information content (AvgIpc) is 3.01. The number of hydrogen-bond acceptors (Lipinski definition) is 8. The van der Waals surface area contributed by atoms with Crippen LogP contribution in [0.5, 0.6) is 17.2 Å². The summed E-state index contributed by atoms with van der Waals surface area (Å²) in [6.45, 7) is 2.22. The normalized spacial score (nSPS) is 10.9. The van der Waals surface area contributed by atoms with Gasteiger partial charge in [-0.15, -0.1) is 0 Å². The summed E-state index contributed by atoms with van der Waals surface area (Å²) in [6.07, 6.45) is 2.90. The van der Waals surface area contributed by atoms with Crippen LogP contribution in [0, 0.1) is 0 Å². The van der Waals surface area contributed by atoms with Gasteiger partial charge in [0.05, 0.1) is 18.9 Å². The topological polar surface area (TPSA) is 117 Å². The van der Waals surface area contributed by atoms with Crippen molar-refractivity contribution in [1.29, 1.82) is 0 Å². The standard InChI is InChI=1S/C33H33NO8S/c1-2-39-32(35)24-41-28-19-21-29(22-20-28)42-43(37,38)31-14-7-6-13-30(31)34-33(36)26-15-17-27(18-16-26)40-23-9-8-12-25-10-4-3-5-11-25/h3-7,10-11,13-22H,2,8-9,12,23-24H2,1H3,(H,34,36). The Hall–Kier alpha value is -4.83. The third-order valence-corrected chi connectivity index (χ3v) is 7.49. The summed E-state index contributed by atoms with van der Waals surface area (Å²) in [5.41, 5.74) is 1.70. The fraction of sp³-hybridized carbons (Fsp3) is 0.212. The number of nitrogens with one attached hydrogen (secondary N) is 1. The van der Waals surface area contributed by atoms with Crippen molar-refractivity contribution in [3.05, 3.63) is 114 Å². The lowest BCUT2D eigenvalue weighted by molar-refractivity contribution is -0.145. The number of esters is 1. The van der Waals surface area contributed by atoms with E-state index in [1.807, 2.05) is 18.2 Å². The molecule has 4 rings (SSSR count). The average molecular weight is 604 g/mol. The molecule has 0 aliphatic carbocycles. The zero-order chi connectivity index (χ0) is 30.5. The molecule has 0 aromatic heterocycles. The van der Waals surface area contributed by atoms with Gasteiger partial charge in [-0.3, -0.25) is 4.79 Å². The number of amides is 1. The van der Waals surface area contributed by atoms with Gasteiger partial charge in [0, 0.05) is 5.56 Å². The van der Waals surface area contributed by atoms with E-state index in [0.29, 0.717) is 23.7 Å². The highest BCUT2D eigenvalue weighted by Crippen LogP contribution is 2.27. The molecule has 43 heavy (non-hydrogen) atoms. The smallest absolute Gasteiger partial charge is 0.344 e. The van der Waals surface area contributed by atoms with Gasteiger partial charge in [-0.1, -0.05) is 42.5 Å². The summed E-state index contributed by atoms with van der Waals surface area (Å²) in [4.78, 5) is 24.2. The highest BCUT2D eigenvalue weighted by molar-refractivity contribution is 7.87. The Kier molecular flexibility index (Phi) is 11.2. The van der Waals surface area contributed by atoms with Crippen molar-refractivity contribution in [3.8, 4) is 17.2 Å². The maximum atomic E-state index is 13.1. The molecule has 0 unspecified atom stereocenters. The van der Waals surface area contributed by atoms with E-state index in [4.69, 9.17) is 18.4 Å². The number of rotatable bonds is 15. The lowest BCUT2D eigenvalue weighted by Gasteiger charge is -2.13. The van der Waals surface area contributed by atoms with Gasteiger partial charge in [-0.25, -0.2) is 4.79 Å². The maximum Gasteiger partial charge on any atom is 0.344 e. The molecule has 9 nitrogen and oxygen atoms in total. The van der Waals surface area contributed by atoms with Crippen molar-refractivity contribution in [1.82, 2.24) is 0 Å².